The van der Waals surface area contributed by atoms with Crippen molar-refractivity contribution in [3.05, 3.63) is 28.3 Å². The van der Waals surface area contributed by atoms with Gasteiger partial charge in [-0.05, 0) is 54.3 Å². The van der Waals surface area contributed by atoms with Crippen molar-refractivity contribution < 1.29 is 4.74 Å². The number of benzene rings is 1. The monoisotopic (exact) mass is 281 g/mol. The van der Waals surface area contributed by atoms with E-state index in [1.54, 1.807) is 0 Å². The van der Waals surface area contributed by atoms with Crippen molar-refractivity contribution in [1.82, 2.24) is 0 Å². The van der Waals surface area contributed by atoms with Gasteiger partial charge in [0.1, 0.15) is 5.75 Å². The van der Waals surface area contributed by atoms with Crippen LogP contribution in [0.1, 0.15) is 44.7 Å². The van der Waals surface area contributed by atoms with Gasteiger partial charge in [-0.1, -0.05) is 38.4 Å². The molecule has 1 saturated carbocycles. The molecule has 0 aromatic heterocycles. The molecular weight excluding hydrogens is 258 g/mol. The Morgan fingerprint density at radius 2 is 2.00 bits per heavy atom. The second kappa shape index (κ2) is 5.72. The fourth-order valence-electron chi connectivity index (χ4n) is 2.07. The van der Waals surface area contributed by atoms with Crippen LogP contribution in [-0.4, -0.2) is 13.2 Å². The molecule has 2 N–H and O–H groups in total. The summed E-state index contributed by atoms with van der Waals surface area (Å²) in [6.07, 6.45) is 3.37. The van der Waals surface area contributed by atoms with E-state index >= 15 is 0 Å². The fourth-order valence-corrected chi connectivity index (χ4v) is 2.37. The molecule has 0 radical (unpaired) electrons. The number of hydrogen-bond acceptors (Lipinski definition) is 2. The molecule has 0 atom stereocenters. The molecule has 19 heavy (non-hydrogen) atoms. The zero-order valence-corrected chi connectivity index (χ0v) is 12.9. The highest BCUT2D eigenvalue weighted by atomic mass is 35.5. The lowest BCUT2D eigenvalue weighted by atomic mass is 9.85. The van der Waals surface area contributed by atoms with Crippen LogP contribution in [0.4, 0.5) is 0 Å². The summed E-state index contributed by atoms with van der Waals surface area (Å²) in [6.45, 7) is 7.97. The van der Waals surface area contributed by atoms with Gasteiger partial charge in [0.05, 0.1) is 11.6 Å². The van der Waals surface area contributed by atoms with Crippen LogP contribution in [0.3, 0.4) is 0 Å². The first-order valence-corrected chi connectivity index (χ1v) is 7.45. The molecule has 1 aliphatic carbocycles. The Morgan fingerprint density at radius 3 is 2.53 bits per heavy atom. The van der Waals surface area contributed by atoms with Crippen LogP contribution in [-0.2, 0) is 11.8 Å². The fraction of sp³-hybridized carbons (Fsp3) is 0.625. The second-order valence-electron chi connectivity index (χ2n) is 6.49. The molecular formula is C16H24ClNO. The lowest BCUT2D eigenvalue weighted by Gasteiger charge is -2.22. The number of nitrogens with two attached hydrogens (primary N) is 1. The molecule has 106 valence electrons. The first-order valence-electron chi connectivity index (χ1n) is 7.07. The van der Waals surface area contributed by atoms with E-state index in [0.29, 0.717) is 6.54 Å². The van der Waals surface area contributed by atoms with E-state index in [2.05, 4.69) is 26.8 Å². The summed E-state index contributed by atoms with van der Waals surface area (Å²) in [5.41, 5.74) is 8.17. The maximum atomic E-state index is 6.41. The number of ether oxygens (including phenoxy) is 1. The summed E-state index contributed by atoms with van der Waals surface area (Å²) in [7, 11) is 0. The first-order chi connectivity index (χ1) is 8.91. The molecule has 3 heteroatoms. The van der Waals surface area contributed by atoms with E-state index in [0.717, 1.165) is 35.3 Å². The highest BCUT2D eigenvalue weighted by molar-refractivity contribution is 6.32. The van der Waals surface area contributed by atoms with Crippen molar-refractivity contribution in [2.24, 2.45) is 11.7 Å². The van der Waals surface area contributed by atoms with Crippen LogP contribution in [0, 0.1) is 5.92 Å². The molecule has 0 saturated heterocycles. The van der Waals surface area contributed by atoms with Gasteiger partial charge in [-0.3, -0.25) is 0 Å². The minimum atomic E-state index is 0.0853. The van der Waals surface area contributed by atoms with Crippen molar-refractivity contribution in [3.63, 3.8) is 0 Å². The van der Waals surface area contributed by atoms with Gasteiger partial charge < -0.3 is 10.5 Å². The lowest BCUT2D eigenvalue weighted by molar-refractivity contribution is 0.297. The maximum Gasteiger partial charge on any atom is 0.141 e. The normalized spacial score (nSPS) is 15.6. The predicted molar refractivity (Wildman–Crippen MR) is 81.1 cm³/mol. The van der Waals surface area contributed by atoms with Gasteiger partial charge in [0.2, 0.25) is 0 Å². The van der Waals surface area contributed by atoms with Crippen molar-refractivity contribution in [1.29, 1.82) is 0 Å². The highest BCUT2D eigenvalue weighted by Crippen LogP contribution is 2.37. The van der Waals surface area contributed by atoms with Crippen molar-refractivity contribution >= 4 is 11.6 Å². The third kappa shape index (κ3) is 3.87. The summed E-state index contributed by atoms with van der Waals surface area (Å²) < 4.78 is 5.92. The van der Waals surface area contributed by atoms with Gasteiger partial charge in [0.15, 0.2) is 0 Å². The third-order valence-electron chi connectivity index (χ3n) is 3.56. The molecule has 0 aliphatic heterocycles. The number of halogens is 1. The summed E-state index contributed by atoms with van der Waals surface area (Å²) in [5.74, 6) is 1.57. The van der Waals surface area contributed by atoms with Crippen molar-refractivity contribution in [3.8, 4) is 5.75 Å². The van der Waals surface area contributed by atoms with Crippen molar-refractivity contribution in [2.75, 3.05) is 13.2 Å². The Balaban J connectivity index is 2.28. The maximum absolute atomic E-state index is 6.41. The quantitative estimate of drug-likeness (QED) is 0.888. The Morgan fingerprint density at radius 1 is 1.32 bits per heavy atom. The van der Waals surface area contributed by atoms with Crippen molar-refractivity contribution in [2.45, 2.75) is 45.4 Å². The highest BCUT2D eigenvalue weighted by Gasteiger charge is 2.24. The average molecular weight is 282 g/mol. The number of rotatable bonds is 5. The van der Waals surface area contributed by atoms with E-state index in [9.17, 15) is 0 Å². The molecule has 1 aliphatic rings. The first kappa shape index (κ1) is 14.7. The van der Waals surface area contributed by atoms with E-state index in [-0.39, 0.29) is 5.41 Å². The molecule has 0 amide bonds. The van der Waals surface area contributed by atoms with Gasteiger partial charge >= 0.3 is 0 Å². The molecule has 1 fully saturated rings. The van der Waals surface area contributed by atoms with Crippen LogP contribution in [0.5, 0.6) is 5.75 Å². The molecule has 1 aromatic rings. The van der Waals surface area contributed by atoms with Crippen LogP contribution in [0.25, 0.3) is 0 Å². The summed E-state index contributed by atoms with van der Waals surface area (Å²) in [4.78, 5) is 0. The average Bonchev–Trinajstić information content (AvgIpc) is 3.10. The SMILES string of the molecule is CC(C)(C)c1cc(Cl)c(OCC2CC2)c(CCN)c1. The molecule has 1 aromatic carbocycles. The molecule has 0 unspecified atom stereocenters. The Hall–Kier alpha value is -0.730. The van der Waals surface area contributed by atoms with Crippen LogP contribution >= 0.6 is 11.6 Å². The molecule has 2 nitrogen and oxygen atoms in total. The Labute approximate surface area is 121 Å². The Bertz CT molecular complexity index is 447. The lowest BCUT2D eigenvalue weighted by Crippen LogP contribution is -2.14. The summed E-state index contributed by atoms with van der Waals surface area (Å²) >= 11 is 6.41. The molecule has 0 spiro atoms. The van der Waals surface area contributed by atoms with Crippen LogP contribution < -0.4 is 10.5 Å². The van der Waals surface area contributed by atoms with E-state index < -0.39 is 0 Å². The third-order valence-corrected chi connectivity index (χ3v) is 3.84. The van der Waals surface area contributed by atoms with Gasteiger partial charge in [0.25, 0.3) is 0 Å². The molecule has 0 heterocycles. The zero-order chi connectivity index (χ0) is 14.0. The van der Waals surface area contributed by atoms with E-state index in [4.69, 9.17) is 22.1 Å². The van der Waals surface area contributed by atoms with Gasteiger partial charge in [-0.15, -0.1) is 0 Å². The van der Waals surface area contributed by atoms with Gasteiger partial charge in [0, 0.05) is 0 Å². The molecule has 2 rings (SSSR count). The minimum absolute atomic E-state index is 0.0853. The van der Waals surface area contributed by atoms with Gasteiger partial charge in [-0.2, -0.15) is 0 Å². The van der Waals surface area contributed by atoms with Crippen LogP contribution in [0.2, 0.25) is 5.02 Å². The summed E-state index contributed by atoms with van der Waals surface area (Å²) in [6, 6.07) is 4.23. The van der Waals surface area contributed by atoms with E-state index in [1.807, 2.05) is 6.07 Å². The largest absolute Gasteiger partial charge is 0.491 e. The Kier molecular flexibility index (Phi) is 4.42. The second-order valence-corrected chi connectivity index (χ2v) is 6.90. The predicted octanol–water partition coefficient (Wildman–Crippen LogP) is 3.93. The van der Waals surface area contributed by atoms with Gasteiger partial charge in [-0.25, -0.2) is 0 Å². The molecule has 0 bridgehead atoms. The van der Waals surface area contributed by atoms with E-state index in [1.165, 1.54) is 18.4 Å². The smallest absolute Gasteiger partial charge is 0.141 e. The zero-order valence-electron chi connectivity index (χ0n) is 12.1. The topological polar surface area (TPSA) is 35.2 Å². The summed E-state index contributed by atoms with van der Waals surface area (Å²) in [5, 5.41) is 0.719. The van der Waals surface area contributed by atoms with Crippen LogP contribution in [0.15, 0.2) is 12.1 Å². The standard InChI is InChI=1S/C16H24ClNO/c1-16(2,3)13-8-12(6-7-18)15(14(17)9-13)19-10-11-4-5-11/h8-9,11H,4-7,10,18H2,1-3H3. The number of hydrogen-bond donors (Lipinski definition) is 1. The minimum Gasteiger partial charge on any atom is -0.491 e.